The average Bonchev–Trinajstić information content (AvgIpc) is 3.35. The van der Waals surface area contributed by atoms with E-state index in [0.29, 0.717) is 22.9 Å². The summed E-state index contributed by atoms with van der Waals surface area (Å²) < 4.78 is 5.73. The van der Waals surface area contributed by atoms with Crippen molar-refractivity contribution in [3.05, 3.63) is 66.5 Å². The molecule has 2 aromatic heterocycles. The zero-order valence-electron chi connectivity index (χ0n) is 24.4. The second kappa shape index (κ2) is 11.4. The topological polar surface area (TPSA) is 112 Å². The number of nitrogens with zero attached hydrogens (tertiary/aromatic N) is 4. The fraction of sp³-hybridized carbons (Fsp3) is 0.323. The van der Waals surface area contributed by atoms with Crippen LogP contribution in [-0.4, -0.2) is 67.1 Å². The largest absolute Gasteiger partial charge is 0.494 e. The average molecular weight is 542 g/mol. The van der Waals surface area contributed by atoms with Crippen LogP contribution in [0.15, 0.2) is 55.4 Å². The van der Waals surface area contributed by atoms with Gasteiger partial charge in [0.1, 0.15) is 5.75 Å². The van der Waals surface area contributed by atoms with Gasteiger partial charge in [-0.25, -0.2) is 9.97 Å². The number of primary amides is 1. The van der Waals surface area contributed by atoms with Crippen molar-refractivity contribution in [2.75, 3.05) is 51.6 Å². The number of hydrogen-bond acceptors (Lipinski definition) is 7. The minimum atomic E-state index is -0.592. The van der Waals surface area contributed by atoms with Crippen molar-refractivity contribution in [1.82, 2.24) is 19.9 Å². The molecule has 4 aromatic rings. The summed E-state index contributed by atoms with van der Waals surface area (Å²) in [6, 6.07) is 11.9. The molecule has 0 spiro atoms. The van der Waals surface area contributed by atoms with Crippen LogP contribution >= 0.6 is 0 Å². The number of para-hydroxylation sites is 1. The summed E-state index contributed by atoms with van der Waals surface area (Å²) in [6.07, 6.45) is 3.70. The Kier molecular flexibility index (Phi) is 8.16. The van der Waals surface area contributed by atoms with Crippen LogP contribution in [0.1, 0.15) is 31.9 Å². The van der Waals surface area contributed by atoms with Crippen molar-refractivity contribution in [2.45, 2.75) is 26.2 Å². The lowest BCUT2D eigenvalue weighted by molar-refractivity contribution is -0.112. The van der Waals surface area contributed by atoms with E-state index in [0.717, 1.165) is 40.9 Å². The highest BCUT2D eigenvalue weighted by Crippen LogP contribution is 2.38. The van der Waals surface area contributed by atoms with Gasteiger partial charge in [-0.1, -0.05) is 45.5 Å². The van der Waals surface area contributed by atoms with Crippen LogP contribution in [0.25, 0.3) is 27.7 Å². The third-order valence-electron chi connectivity index (χ3n) is 6.94. The first-order chi connectivity index (χ1) is 18.9. The summed E-state index contributed by atoms with van der Waals surface area (Å²) in [4.78, 5) is 29.0. The number of ether oxygens (including phenoxy) is 1. The number of nitrogens with one attached hydrogen (secondary N) is 2. The molecule has 0 saturated carbocycles. The predicted octanol–water partition coefficient (Wildman–Crippen LogP) is 5.17. The molecule has 4 N–H and O–H groups in total. The van der Waals surface area contributed by atoms with Crippen molar-refractivity contribution in [2.24, 2.45) is 5.73 Å². The first-order valence-electron chi connectivity index (χ1n) is 13.2. The summed E-state index contributed by atoms with van der Waals surface area (Å²) in [7, 11) is 7.59. The molecule has 40 heavy (non-hydrogen) atoms. The number of hydrogen-bond donors (Lipinski definition) is 3. The highest BCUT2D eigenvalue weighted by molar-refractivity contribution is 6.19. The number of aromatic nitrogens is 3. The van der Waals surface area contributed by atoms with E-state index in [1.165, 1.54) is 5.56 Å². The van der Waals surface area contributed by atoms with Crippen LogP contribution in [0, 0.1) is 0 Å². The van der Waals surface area contributed by atoms with Gasteiger partial charge < -0.3 is 30.6 Å². The molecule has 0 bridgehead atoms. The summed E-state index contributed by atoms with van der Waals surface area (Å²) >= 11 is 0. The third kappa shape index (κ3) is 5.94. The van der Waals surface area contributed by atoms with E-state index >= 15 is 0 Å². The minimum absolute atomic E-state index is 0.00407. The number of carbonyl (C=O) groups is 1. The maximum absolute atomic E-state index is 12.2. The van der Waals surface area contributed by atoms with Gasteiger partial charge in [-0.3, -0.25) is 4.79 Å². The summed E-state index contributed by atoms with van der Waals surface area (Å²) in [5.41, 5.74) is 11.9. The number of carbonyl (C=O) groups excluding carboxylic acids is 1. The maximum atomic E-state index is 12.2. The fourth-order valence-electron chi connectivity index (χ4n) is 4.68. The normalized spacial score (nSPS) is 11.6. The molecule has 2 heterocycles. The van der Waals surface area contributed by atoms with Crippen LogP contribution < -0.4 is 20.7 Å². The van der Waals surface area contributed by atoms with Gasteiger partial charge in [0.2, 0.25) is 11.9 Å². The molecule has 9 nitrogen and oxygen atoms in total. The number of nitrogens with two attached hydrogens (primary N) is 1. The van der Waals surface area contributed by atoms with Crippen LogP contribution in [0.4, 0.5) is 17.3 Å². The van der Waals surface area contributed by atoms with Crippen LogP contribution in [0.2, 0.25) is 0 Å². The van der Waals surface area contributed by atoms with Crippen molar-refractivity contribution < 1.29 is 9.53 Å². The molecule has 1 amide bonds. The molecule has 2 aromatic carbocycles. The number of amides is 1. The highest BCUT2D eigenvalue weighted by atomic mass is 16.5. The molecule has 9 heteroatoms. The number of H-pyrrole nitrogens is 1. The molecule has 0 fully saturated rings. The first-order valence-corrected chi connectivity index (χ1v) is 13.2. The van der Waals surface area contributed by atoms with Gasteiger partial charge in [0, 0.05) is 71.9 Å². The van der Waals surface area contributed by atoms with Crippen LogP contribution in [0.5, 0.6) is 5.75 Å². The molecule has 0 atom stereocenters. The summed E-state index contributed by atoms with van der Waals surface area (Å²) in [5, 5.41) is 4.38. The Balaban J connectivity index is 1.74. The number of benzene rings is 2. The second-order valence-corrected chi connectivity index (χ2v) is 11.2. The molecule has 210 valence electrons. The molecule has 0 aliphatic heterocycles. The van der Waals surface area contributed by atoms with E-state index < -0.39 is 5.91 Å². The van der Waals surface area contributed by atoms with E-state index in [1.807, 2.05) is 45.5 Å². The number of rotatable bonds is 10. The van der Waals surface area contributed by atoms with Crippen molar-refractivity contribution in [3.8, 4) is 17.0 Å². The Bertz CT molecular complexity index is 1550. The Morgan fingerprint density at radius 2 is 1.90 bits per heavy atom. The Hall–Kier alpha value is -4.37. The maximum Gasteiger partial charge on any atom is 0.248 e. The predicted molar refractivity (Wildman–Crippen MR) is 164 cm³/mol. The Labute approximate surface area is 236 Å². The van der Waals surface area contributed by atoms with Gasteiger partial charge in [0.05, 0.1) is 18.5 Å². The number of anilines is 3. The number of likely N-dealkylation sites (N-methyl/N-ethyl adjacent to an activating group) is 2. The lowest BCUT2D eigenvalue weighted by Crippen LogP contribution is -2.29. The van der Waals surface area contributed by atoms with Crippen molar-refractivity contribution in [3.63, 3.8) is 0 Å². The highest BCUT2D eigenvalue weighted by Gasteiger charge is 2.21. The molecular formula is C31H39N7O2. The number of fused-ring (bicyclic) bond motifs is 1. The molecule has 0 unspecified atom stereocenters. The fourth-order valence-corrected chi connectivity index (χ4v) is 4.68. The molecule has 0 aliphatic carbocycles. The summed E-state index contributed by atoms with van der Waals surface area (Å²) in [6.45, 7) is 12.1. The minimum Gasteiger partial charge on any atom is -0.494 e. The Morgan fingerprint density at radius 1 is 1.15 bits per heavy atom. The molecule has 0 radical (unpaired) electrons. The standard InChI is InChI=1S/C31H39N7O2/c1-19(29(32)39)21-16-25(27(40-8)17-26(21)38(7)15-14-37(5)6)36-30-33-13-12-24(35-30)22-18-34-28-20(22)10-9-11-23(28)31(2,3)4/h9-13,16-18,34H,1,14-15H2,2-8H3,(H2,32,39)(H,33,35,36). The lowest BCUT2D eigenvalue weighted by Gasteiger charge is -2.26. The van der Waals surface area contributed by atoms with Gasteiger partial charge >= 0.3 is 0 Å². The van der Waals surface area contributed by atoms with Crippen LogP contribution in [0.3, 0.4) is 0 Å². The molecule has 0 saturated heterocycles. The third-order valence-corrected chi connectivity index (χ3v) is 6.94. The number of aromatic amines is 1. The second-order valence-electron chi connectivity index (χ2n) is 11.2. The Morgan fingerprint density at radius 3 is 2.55 bits per heavy atom. The van der Waals surface area contributed by atoms with Gasteiger partial charge in [-0.05, 0) is 37.2 Å². The smallest absolute Gasteiger partial charge is 0.248 e. The molecule has 0 aliphatic rings. The zero-order valence-corrected chi connectivity index (χ0v) is 24.4. The monoisotopic (exact) mass is 541 g/mol. The van der Waals surface area contributed by atoms with Gasteiger partial charge in [0.15, 0.2) is 0 Å². The quantitative estimate of drug-likeness (QED) is 0.237. The van der Waals surface area contributed by atoms with Crippen molar-refractivity contribution in [1.29, 1.82) is 0 Å². The van der Waals surface area contributed by atoms with E-state index in [-0.39, 0.29) is 11.0 Å². The first kappa shape index (κ1) is 28.6. The molecule has 4 rings (SSSR count). The van der Waals surface area contributed by atoms with E-state index in [2.05, 4.69) is 70.6 Å². The SMILES string of the molecule is C=C(C(N)=O)c1cc(Nc2nccc(-c3c[nH]c4c(C(C)(C)C)cccc34)n2)c(OC)cc1N(C)CCN(C)C. The van der Waals surface area contributed by atoms with Gasteiger partial charge in [-0.15, -0.1) is 0 Å². The summed E-state index contributed by atoms with van der Waals surface area (Å²) in [5.74, 6) is 0.371. The van der Waals surface area contributed by atoms with Crippen LogP contribution in [-0.2, 0) is 10.2 Å². The van der Waals surface area contributed by atoms with E-state index in [1.54, 1.807) is 13.3 Å². The lowest BCUT2D eigenvalue weighted by atomic mass is 9.85. The van der Waals surface area contributed by atoms with Crippen molar-refractivity contribution >= 4 is 39.7 Å². The zero-order chi connectivity index (χ0) is 29.2. The van der Waals surface area contributed by atoms with Gasteiger partial charge in [0.25, 0.3) is 0 Å². The van der Waals surface area contributed by atoms with Gasteiger partial charge in [-0.2, -0.15) is 0 Å². The number of methoxy groups -OCH3 is 1. The molecular weight excluding hydrogens is 502 g/mol. The van der Waals surface area contributed by atoms with E-state index in [4.69, 9.17) is 15.5 Å². The van der Waals surface area contributed by atoms with E-state index in [9.17, 15) is 4.79 Å².